The van der Waals surface area contributed by atoms with Crippen LogP contribution < -0.4 is 0 Å². The van der Waals surface area contributed by atoms with Crippen molar-refractivity contribution in [1.29, 1.82) is 0 Å². The van der Waals surface area contributed by atoms with E-state index in [1.165, 1.54) is 132 Å². The summed E-state index contributed by atoms with van der Waals surface area (Å²) in [5, 5.41) is 8.50. The van der Waals surface area contributed by atoms with Gasteiger partial charge in [-0.15, -0.1) is 0 Å². The first kappa shape index (κ1) is 53.3. The molecule has 17 aromatic rings. The number of fused-ring (bicyclic) bond motifs is 19. The van der Waals surface area contributed by atoms with Crippen LogP contribution in [0.1, 0.15) is 74.9 Å². The van der Waals surface area contributed by atoms with Crippen LogP contribution in [0.3, 0.4) is 0 Å². The molecule has 0 radical (unpaired) electrons. The Morgan fingerprint density at radius 3 is 1.07 bits per heavy atom. The van der Waals surface area contributed by atoms with E-state index in [4.69, 9.17) is 9.97 Å². The van der Waals surface area contributed by atoms with Crippen molar-refractivity contribution >= 4 is 76.3 Å². The molecule has 94 heavy (non-hydrogen) atoms. The summed E-state index contributed by atoms with van der Waals surface area (Å²) in [5.41, 5.74) is 32.2. The van der Waals surface area contributed by atoms with Gasteiger partial charge < -0.3 is 13.7 Å². The van der Waals surface area contributed by atoms with Gasteiger partial charge in [-0.25, -0.2) is 9.97 Å². The molecule has 0 saturated heterocycles. The van der Waals surface area contributed by atoms with Crippen LogP contribution in [0.15, 0.2) is 273 Å². The fourth-order valence-electron chi connectivity index (χ4n) is 17.3. The molecule has 0 saturated carbocycles. The second kappa shape index (κ2) is 18.9. The molecule has 0 bridgehead atoms. The molecule has 0 spiro atoms. The lowest BCUT2D eigenvalue weighted by Crippen LogP contribution is -2.14. The Kier molecular flexibility index (Phi) is 10.7. The number of hydrogen-bond acceptors (Lipinski definition) is 2. The van der Waals surface area contributed by atoms with Gasteiger partial charge in [-0.3, -0.25) is 0 Å². The van der Waals surface area contributed by atoms with E-state index in [2.05, 4.69) is 328 Å². The Morgan fingerprint density at radius 2 is 0.617 bits per heavy atom. The molecule has 4 aromatic heterocycles. The van der Waals surface area contributed by atoms with Crippen molar-refractivity contribution in [3.8, 4) is 84.2 Å². The van der Waals surface area contributed by atoms with E-state index in [1.54, 1.807) is 0 Å². The lowest BCUT2D eigenvalue weighted by atomic mass is 9.82. The van der Waals surface area contributed by atoms with Crippen LogP contribution in [-0.4, -0.2) is 23.7 Å². The van der Waals surface area contributed by atoms with Crippen LogP contribution in [0.5, 0.6) is 0 Å². The summed E-state index contributed by atoms with van der Waals surface area (Å²) in [5.74, 6) is 0.677. The molecular weight excluding hydrogens is 1140 g/mol. The van der Waals surface area contributed by atoms with Gasteiger partial charge in [0.15, 0.2) is 5.82 Å². The zero-order chi connectivity index (χ0) is 62.7. The molecule has 3 aliphatic rings. The highest BCUT2D eigenvalue weighted by Crippen LogP contribution is 2.55. The van der Waals surface area contributed by atoms with Gasteiger partial charge in [0.05, 0.1) is 44.3 Å². The zero-order valence-corrected chi connectivity index (χ0v) is 53.2. The molecule has 4 heterocycles. The van der Waals surface area contributed by atoms with E-state index in [9.17, 15) is 0 Å². The summed E-state index contributed by atoms with van der Waals surface area (Å²) in [7, 11) is 0. The summed E-state index contributed by atoms with van der Waals surface area (Å²) in [6.45, 7) is 14.2. The van der Waals surface area contributed by atoms with E-state index in [0.717, 1.165) is 55.9 Å². The van der Waals surface area contributed by atoms with E-state index < -0.39 is 0 Å². The highest BCUT2D eigenvalue weighted by atomic mass is 15.0. The van der Waals surface area contributed by atoms with Crippen LogP contribution in [0.4, 0.5) is 0 Å². The maximum absolute atomic E-state index is 5.66. The molecule has 3 aliphatic carbocycles. The first-order chi connectivity index (χ1) is 45.9. The Balaban J connectivity index is 0.736. The number of para-hydroxylation sites is 3. The summed E-state index contributed by atoms with van der Waals surface area (Å²) < 4.78 is 7.37. The Labute approximate surface area is 545 Å². The van der Waals surface area contributed by atoms with Crippen LogP contribution in [0, 0.1) is 0 Å². The van der Waals surface area contributed by atoms with Crippen molar-refractivity contribution in [2.24, 2.45) is 0 Å². The molecule has 0 amide bonds. The van der Waals surface area contributed by atoms with Gasteiger partial charge in [-0.1, -0.05) is 199 Å². The summed E-state index contributed by atoms with van der Waals surface area (Å²) in [6.07, 6.45) is 0. The van der Waals surface area contributed by atoms with E-state index in [1.807, 2.05) is 0 Å². The maximum atomic E-state index is 5.66. The normalized spacial score (nSPS) is 14.5. The second-order valence-electron chi connectivity index (χ2n) is 28.1. The molecule has 0 atom stereocenters. The van der Waals surface area contributed by atoms with Crippen molar-refractivity contribution in [3.63, 3.8) is 0 Å². The van der Waals surface area contributed by atoms with Gasteiger partial charge in [0.25, 0.3) is 0 Å². The van der Waals surface area contributed by atoms with Gasteiger partial charge in [-0.2, -0.15) is 0 Å². The van der Waals surface area contributed by atoms with Gasteiger partial charge in [0.1, 0.15) is 0 Å². The lowest BCUT2D eigenvalue weighted by molar-refractivity contribution is 0.661. The molecule has 13 aromatic carbocycles. The predicted molar refractivity (Wildman–Crippen MR) is 392 cm³/mol. The largest absolute Gasteiger partial charge is 0.309 e. The third-order valence-corrected chi connectivity index (χ3v) is 22.0. The average molecular weight is 1200 g/mol. The third kappa shape index (κ3) is 7.24. The molecule has 444 valence electrons. The third-order valence-electron chi connectivity index (χ3n) is 22.0. The first-order valence-corrected chi connectivity index (χ1v) is 33.0. The van der Waals surface area contributed by atoms with Gasteiger partial charge in [-0.05, 0) is 193 Å². The summed E-state index contributed by atoms with van der Waals surface area (Å²) in [4.78, 5) is 11.1. The number of rotatable bonds is 6. The van der Waals surface area contributed by atoms with Gasteiger partial charge >= 0.3 is 0 Å². The standard InChI is InChI=1S/C89H63N5/c1-87(2)72-28-13-7-22-59(72)65-46-68-62-25-10-16-31-79(62)92(82(68)49-75(65)87)56-39-34-52(35-40-56)85-71-45-55(54-20-19-21-58(44-54)94-81-33-18-12-27-64(81)70-48-67-61-24-9-15-30-74(61)89(5,6)77(67)51-84(70)94)38-43-78(71)90-86(91-85)53-36-41-57(42-37-53)93-80-32-17-11-26-63(80)69-47-66-60-23-8-14-29-73(60)88(3,4)76(66)50-83(69)93/h7-51H,1-6H3. The molecule has 20 rings (SSSR count). The Morgan fingerprint density at radius 1 is 0.234 bits per heavy atom. The summed E-state index contributed by atoms with van der Waals surface area (Å²) >= 11 is 0. The van der Waals surface area contributed by atoms with Gasteiger partial charge in [0, 0.05) is 82.1 Å². The number of aromatic nitrogens is 5. The molecule has 0 aliphatic heterocycles. The van der Waals surface area contributed by atoms with E-state index in [-0.39, 0.29) is 16.2 Å². The number of nitrogens with zero attached hydrogens (tertiary/aromatic N) is 5. The van der Waals surface area contributed by atoms with Crippen molar-refractivity contribution < 1.29 is 0 Å². The van der Waals surface area contributed by atoms with Crippen LogP contribution >= 0.6 is 0 Å². The smallest absolute Gasteiger partial charge is 0.160 e. The van der Waals surface area contributed by atoms with Crippen molar-refractivity contribution in [1.82, 2.24) is 23.7 Å². The zero-order valence-electron chi connectivity index (χ0n) is 53.2. The SMILES string of the molecule is CC1(C)c2ccccc2-c2cc3c4ccccc4n(-c4ccc(-c5nc(-c6ccc(-n7c8ccccc8c8cc9c(cc87)C(C)(C)c7ccccc7-9)cc6)c6cc(-c7cccc(-n8c9ccccc9c9cc%10c(cc98)C(C)(C)c8ccccc8-%10)c7)ccc6n5)cc4)c3cc21. The number of hydrogen-bond donors (Lipinski definition) is 0. The fourth-order valence-corrected chi connectivity index (χ4v) is 17.3. The quantitative estimate of drug-likeness (QED) is 0.166. The number of benzene rings is 13. The first-order valence-electron chi connectivity index (χ1n) is 33.0. The Bertz CT molecular complexity index is 6180. The molecule has 0 N–H and O–H groups in total. The molecule has 5 heteroatoms. The van der Waals surface area contributed by atoms with E-state index in [0.29, 0.717) is 5.82 Å². The van der Waals surface area contributed by atoms with E-state index >= 15 is 0 Å². The minimum atomic E-state index is -0.135. The topological polar surface area (TPSA) is 40.6 Å². The predicted octanol–water partition coefficient (Wildman–Crippen LogP) is 22.8. The average Bonchev–Trinajstić information content (AvgIpc) is 1.57. The molecule has 0 unspecified atom stereocenters. The summed E-state index contributed by atoms with van der Waals surface area (Å²) in [6, 6.07) is 102. The minimum absolute atomic E-state index is 0.127. The van der Waals surface area contributed by atoms with Crippen LogP contribution in [0.2, 0.25) is 0 Å². The van der Waals surface area contributed by atoms with Crippen LogP contribution in [0.25, 0.3) is 161 Å². The monoisotopic (exact) mass is 1200 g/mol. The molecule has 0 fully saturated rings. The molecule has 5 nitrogen and oxygen atoms in total. The fraction of sp³-hybridized carbons (Fsp3) is 0.101. The highest BCUT2D eigenvalue weighted by Gasteiger charge is 2.39. The Hall–Kier alpha value is -11.4. The highest BCUT2D eigenvalue weighted by molar-refractivity contribution is 6.14. The second-order valence-corrected chi connectivity index (χ2v) is 28.1. The maximum Gasteiger partial charge on any atom is 0.160 e. The van der Waals surface area contributed by atoms with Crippen LogP contribution in [-0.2, 0) is 16.2 Å². The lowest BCUT2D eigenvalue weighted by Gasteiger charge is -2.21. The molecular formula is C89H63N5. The van der Waals surface area contributed by atoms with Gasteiger partial charge in [0.2, 0.25) is 0 Å². The minimum Gasteiger partial charge on any atom is -0.309 e. The van der Waals surface area contributed by atoms with Crippen molar-refractivity contribution in [2.75, 3.05) is 0 Å². The van der Waals surface area contributed by atoms with Crippen molar-refractivity contribution in [3.05, 3.63) is 306 Å². The van der Waals surface area contributed by atoms with Crippen molar-refractivity contribution in [2.45, 2.75) is 57.8 Å².